The normalized spacial score (nSPS) is 44.7. The van der Waals surface area contributed by atoms with Crippen molar-refractivity contribution in [2.45, 2.75) is 65.0 Å². The number of ketones is 1. The maximum atomic E-state index is 14.1. The number of carbonyl (C=O) groups excluding carboxylic acids is 2. The number of fused-ring (bicyclic) bond motifs is 2. The van der Waals surface area contributed by atoms with Crippen LogP contribution in [-0.2, 0) is 14.3 Å². The van der Waals surface area contributed by atoms with Crippen LogP contribution in [0.1, 0.15) is 54.6 Å². The zero-order chi connectivity index (χ0) is 25.1. The van der Waals surface area contributed by atoms with E-state index in [1.165, 1.54) is 0 Å². The van der Waals surface area contributed by atoms with Crippen LogP contribution in [0.25, 0.3) is 0 Å². The fourth-order valence-electron chi connectivity index (χ4n) is 8.68. The van der Waals surface area contributed by atoms with Crippen LogP contribution >= 0.6 is 0 Å². The van der Waals surface area contributed by atoms with Crippen molar-refractivity contribution in [3.8, 4) is 0 Å². The van der Waals surface area contributed by atoms with Crippen molar-refractivity contribution >= 4 is 11.8 Å². The lowest BCUT2D eigenvalue weighted by molar-refractivity contribution is -0.436. The highest BCUT2D eigenvalue weighted by Gasteiger charge is 2.86. The number of esters is 1. The van der Waals surface area contributed by atoms with Gasteiger partial charge in [-0.3, -0.25) is 4.79 Å². The van der Waals surface area contributed by atoms with Crippen molar-refractivity contribution in [1.82, 2.24) is 0 Å². The van der Waals surface area contributed by atoms with Crippen LogP contribution in [0.5, 0.6) is 0 Å². The van der Waals surface area contributed by atoms with Crippen molar-refractivity contribution < 1.29 is 29.3 Å². The summed E-state index contributed by atoms with van der Waals surface area (Å²) in [5.41, 5.74) is -0.0314. The number of hydrogen-bond acceptors (Lipinski definition) is 6. The van der Waals surface area contributed by atoms with Crippen LogP contribution in [0, 0.1) is 47.8 Å². The van der Waals surface area contributed by atoms with Gasteiger partial charge in [0.1, 0.15) is 17.6 Å². The van der Waals surface area contributed by atoms with Gasteiger partial charge in [-0.2, -0.15) is 0 Å². The fourth-order valence-corrected chi connectivity index (χ4v) is 8.68. The van der Waals surface area contributed by atoms with Gasteiger partial charge >= 0.3 is 5.97 Å². The number of aryl methyl sites for hydroxylation is 2. The minimum atomic E-state index is -2.16. The molecule has 35 heavy (non-hydrogen) atoms. The Kier molecular flexibility index (Phi) is 4.58. The summed E-state index contributed by atoms with van der Waals surface area (Å²) in [4.78, 5) is 27.6. The molecule has 2 saturated heterocycles. The Morgan fingerprint density at radius 2 is 1.97 bits per heavy atom. The first kappa shape index (κ1) is 23.1. The van der Waals surface area contributed by atoms with E-state index < -0.39 is 40.7 Å². The standard InChI is InChI=1S/C29H34O6/c1-15-7-8-16(2)19(13-15)25(32)35-24-18-9-10-20-27-12-6-11-26(4,5)21(27)23(31)29(33,34-14-27)28(20,24)22(30)17(18)3/h6-8,12-13,18,20-21,23-24,31,33H,3,9-11,14H2,1-2,4-5H3/t18-,20-,21+,23-,24+,27+,28-,29-/m0/s1. The van der Waals surface area contributed by atoms with E-state index in [1.54, 1.807) is 6.07 Å². The van der Waals surface area contributed by atoms with Gasteiger partial charge < -0.3 is 19.7 Å². The number of carbonyl (C=O) groups is 2. The van der Waals surface area contributed by atoms with Crippen molar-refractivity contribution in [2.24, 2.45) is 34.0 Å². The van der Waals surface area contributed by atoms with E-state index in [-0.39, 0.29) is 29.6 Å². The molecule has 2 N–H and O–H groups in total. The molecule has 6 nitrogen and oxygen atoms in total. The Bertz CT molecular complexity index is 1200. The Labute approximate surface area is 206 Å². The molecule has 0 unspecified atom stereocenters. The maximum absolute atomic E-state index is 14.1. The molecule has 1 aromatic rings. The van der Waals surface area contributed by atoms with Crippen LogP contribution in [0.4, 0.5) is 0 Å². The third-order valence-corrected chi connectivity index (χ3v) is 10.1. The van der Waals surface area contributed by atoms with E-state index in [2.05, 4.69) is 32.6 Å². The molecule has 4 aliphatic carbocycles. The number of aliphatic hydroxyl groups is 2. The van der Waals surface area contributed by atoms with Crippen molar-refractivity contribution in [3.63, 3.8) is 0 Å². The molecule has 1 aromatic carbocycles. The first-order valence-corrected chi connectivity index (χ1v) is 12.7. The summed E-state index contributed by atoms with van der Waals surface area (Å²) < 4.78 is 12.3. The van der Waals surface area contributed by atoms with Gasteiger partial charge in [0, 0.05) is 17.3 Å². The maximum Gasteiger partial charge on any atom is 0.338 e. The zero-order valence-electron chi connectivity index (χ0n) is 20.8. The van der Waals surface area contributed by atoms with E-state index >= 15 is 0 Å². The van der Waals surface area contributed by atoms with E-state index in [0.29, 0.717) is 24.0 Å². The number of allylic oxidation sites excluding steroid dienone is 1. The topological polar surface area (TPSA) is 93.1 Å². The second kappa shape index (κ2) is 6.93. The molecule has 186 valence electrons. The van der Waals surface area contributed by atoms with Gasteiger partial charge in [0.2, 0.25) is 5.79 Å². The summed E-state index contributed by atoms with van der Waals surface area (Å²) in [5.74, 6) is -4.06. The lowest BCUT2D eigenvalue weighted by Gasteiger charge is -2.72. The predicted octanol–water partition coefficient (Wildman–Crippen LogP) is 3.66. The van der Waals surface area contributed by atoms with Gasteiger partial charge in [0.15, 0.2) is 5.78 Å². The average Bonchev–Trinajstić information content (AvgIpc) is 2.91. The molecule has 8 atom stereocenters. The van der Waals surface area contributed by atoms with E-state index in [9.17, 15) is 19.8 Å². The van der Waals surface area contributed by atoms with Crippen molar-refractivity contribution in [2.75, 3.05) is 6.61 Å². The Hall–Kier alpha value is -2.28. The Morgan fingerprint density at radius 3 is 2.71 bits per heavy atom. The molecule has 2 heterocycles. The predicted molar refractivity (Wildman–Crippen MR) is 128 cm³/mol. The molecular formula is C29H34O6. The van der Waals surface area contributed by atoms with Gasteiger partial charge in [-0.05, 0) is 61.6 Å². The zero-order valence-corrected chi connectivity index (χ0v) is 20.8. The van der Waals surface area contributed by atoms with Crippen molar-refractivity contribution in [1.29, 1.82) is 0 Å². The summed E-state index contributed by atoms with van der Waals surface area (Å²) in [7, 11) is 0. The van der Waals surface area contributed by atoms with E-state index in [0.717, 1.165) is 17.5 Å². The minimum absolute atomic E-state index is 0.222. The molecule has 0 amide bonds. The molecular weight excluding hydrogens is 444 g/mol. The Morgan fingerprint density at radius 1 is 1.23 bits per heavy atom. The smallest absolute Gasteiger partial charge is 0.338 e. The van der Waals surface area contributed by atoms with Gasteiger partial charge in [0.05, 0.1) is 12.2 Å². The highest BCUT2D eigenvalue weighted by atomic mass is 16.6. The third kappa shape index (κ3) is 2.51. The molecule has 6 aliphatic rings. The van der Waals surface area contributed by atoms with E-state index in [1.807, 2.05) is 26.0 Å². The van der Waals surface area contributed by atoms with Crippen LogP contribution in [0.2, 0.25) is 0 Å². The molecule has 0 aromatic heterocycles. The number of ether oxygens (including phenoxy) is 2. The Balaban J connectivity index is 1.53. The van der Waals surface area contributed by atoms with Crippen LogP contribution < -0.4 is 0 Å². The number of rotatable bonds is 2. The van der Waals surface area contributed by atoms with Crippen LogP contribution in [0.15, 0.2) is 42.5 Å². The van der Waals surface area contributed by atoms with Crippen LogP contribution in [0.3, 0.4) is 0 Å². The molecule has 2 spiro atoms. The van der Waals surface area contributed by atoms with Crippen LogP contribution in [-0.4, -0.2) is 46.6 Å². The molecule has 6 heteroatoms. The average molecular weight is 479 g/mol. The van der Waals surface area contributed by atoms with Gasteiger partial charge in [-0.25, -0.2) is 4.79 Å². The van der Waals surface area contributed by atoms with E-state index in [4.69, 9.17) is 9.47 Å². The second-order valence-electron chi connectivity index (χ2n) is 12.2. The SMILES string of the molecule is C=C1C(=O)[C@]23[C@H](OC(=O)c4cc(C)ccc4C)[C@H]1CC[C@H]2[C@]12C=CCC(C)(C)[C@H]1[C@H](O)[C@]3(O)OC2. The van der Waals surface area contributed by atoms with Gasteiger partial charge in [-0.1, -0.05) is 50.3 Å². The lowest BCUT2D eigenvalue weighted by atomic mass is 9.37. The number of hydrogen-bond donors (Lipinski definition) is 2. The molecule has 2 aliphatic heterocycles. The quantitative estimate of drug-likeness (QED) is 0.383. The minimum Gasteiger partial charge on any atom is -0.457 e. The van der Waals surface area contributed by atoms with Crippen molar-refractivity contribution in [3.05, 3.63) is 59.2 Å². The summed E-state index contributed by atoms with van der Waals surface area (Å²) in [6.07, 6.45) is 4.04. The first-order chi connectivity index (χ1) is 16.4. The third-order valence-electron chi connectivity index (χ3n) is 10.1. The molecule has 7 rings (SSSR count). The number of Topliss-reactive ketones (excluding diaryl/α,β-unsaturated/α-hetero) is 1. The molecule has 4 bridgehead atoms. The summed E-state index contributed by atoms with van der Waals surface area (Å²) in [6.45, 7) is 12.3. The highest BCUT2D eigenvalue weighted by molar-refractivity contribution is 6.05. The van der Waals surface area contributed by atoms with Gasteiger partial charge in [0.25, 0.3) is 0 Å². The van der Waals surface area contributed by atoms with Gasteiger partial charge in [-0.15, -0.1) is 0 Å². The summed E-state index contributed by atoms with van der Waals surface area (Å²) >= 11 is 0. The monoisotopic (exact) mass is 478 g/mol. The first-order valence-electron chi connectivity index (χ1n) is 12.7. The molecule has 5 fully saturated rings. The molecule has 3 saturated carbocycles. The largest absolute Gasteiger partial charge is 0.457 e. The number of aliphatic hydroxyl groups excluding tert-OH is 1. The lowest BCUT2D eigenvalue weighted by Crippen LogP contribution is -2.83. The summed E-state index contributed by atoms with van der Waals surface area (Å²) in [5, 5.41) is 24.0. The fraction of sp³-hybridized carbons (Fsp3) is 0.586. The molecule has 0 radical (unpaired) electrons. The highest BCUT2D eigenvalue weighted by Crippen LogP contribution is 2.75. The number of benzene rings is 1. The second-order valence-corrected chi connectivity index (χ2v) is 12.2. The summed E-state index contributed by atoms with van der Waals surface area (Å²) in [6, 6.07) is 5.58.